The van der Waals surface area contributed by atoms with E-state index in [0.29, 0.717) is 38.8 Å². The lowest BCUT2D eigenvalue weighted by molar-refractivity contribution is -0.124. The van der Waals surface area contributed by atoms with Gasteiger partial charge in [0.15, 0.2) is 17.5 Å². The number of nitrogens with zero attached hydrogens (tertiary/aromatic N) is 2. The first kappa shape index (κ1) is 24.8. The van der Waals surface area contributed by atoms with Gasteiger partial charge in [0.1, 0.15) is 0 Å². The van der Waals surface area contributed by atoms with E-state index in [2.05, 4.69) is 20.9 Å². The number of aliphatic imine (C=N–C) groups is 1. The average Bonchev–Trinajstić information content (AvgIpc) is 3.01. The van der Waals surface area contributed by atoms with Crippen LogP contribution in [0.2, 0.25) is 0 Å². The molecule has 0 spiro atoms. The van der Waals surface area contributed by atoms with Gasteiger partial charge in [0, 0.05) is 26.7 Å². The number of benzene rings is 1. The van der Waals surface area contributed by atoms with Gasteiger partial charge in [-0.3, -0.25) is 14.7 Å². The van der Waals surface area contributed by atoms with E-state index in [1.165, 1.54) is 4.90 Å². The van der Waals surface area contributed by atoms with Crippen molar-refractivity contribution in [2.24, 2.45) is 4.99 Å². The van der Waals surface area contributed by atoms with E-state index >= 15 is 0 Å². The van der Waals surface area contributed by atoms with Crippen LogP contribution in [0.1, 0.15) is 19.4 Å². The Morgan fingerprint density at radius 2 is 1.83 bits per heavy atom. The Morgan fingerprint density at radius 1 is 1.14 bits per heavy atom. The van der Waals surface area contributed by atoms with Gasteiger partial charge in [0.2, 0.25) is 5.91 Å². The number of halogens is 1. The van der Waals surface area contributed by atoms with E-state index in [1.807, 2.05) is 32.0 Å². The van der Waals surface area contributed by atoms with Crippen LogP contribution in [0.3, 0.4) is 0 Å². The smallest absolute Gasteiger partial charge is 0.324 e. The van der Waals surface area contributed by atoms with Crippen molar-refractivity contribution >= 4 is 41.9 Å². The Balaban J connectivity index is 0.00000420. The molecule has 1 aliphatic rings. The SMILES string of the molecule is CCOc1ccc(CCNC(=NC)NCCN2C(=O)CNC2=O)cc1OCC.I. The van der Waals surface area contributed by atoms with E-state index < -0.39 is 0 Å². The Labute approximate surface area is 188 Å². The Morgan fingerprint density at radius 3 is 2.45 bits per heavy atom. The van der Waals surface area contributed by atoms with Gasteiger partial charge in [-0.1, -0.05) is 6.07 Å². The Hall–Kier alpha value is -2.24. The van der Waals surface area contributed by atoms with Crippen LogP contribution in [0.15, 0.2) is 23.2 Å². The maximum Gasteiger partial charge on any atom is 0.324 e. The summed E-state index contributed by atoms with van der Waals surface area (Å²) >= 11 is 0. The third-order valence-electron chi connectivity index (χ3n) is 4.10. The summed E-state index contributed by atoms with van der Waals surface area (Å²) < 4.78 is 11.2. The van der Waals surface area contributed by atoms with Crippen molar-refractivity contribution in [2.45, 2.75) is 20.3 Å². The molecule has 0 radical (unpaired) electrons. The summed E-state index contributed by atoms with van der Waals surface area (Å²) in [6.07, 6.45) is 0.778. The zero-order valence-electron chi connectivity index (χ0n) is 17.1. The van der Waals surface area contributed by atoms with Gasteiger partial charge in [-0.05, 0) is 38.0 Å². The van der Waals surface area contributed by atoms with Crippen molar-refractivity contribution in [2.75, 3.05) is 46.4 Å². The average molecular weight is 519 g/mol. The molecule has 1 heterocycles. The quantitative estimate of drug-likeness (QED) is 0.187. The van der Waals surface area contributed by atoms with Crippen LogP contribution in [-0.4, -0.2) is 69.2 Å². The van der Waals surface area contributed by atoms with Gasteiger partial charge < -0.3 is 25.4 Å². The fourth-order valence-electron chi connectivity index (χ4n) is 2.76. The highest BCUT2D eigenvalue weighted by Gasteiger charge is 2.27. The number of nitrogens with one attached hydrogen (secondary N) is 3. The normalized spacial score (nSPS) is 13.6. The molecule has 1 aromatic rings. The first-order valence-corrected chi connectivity index (χ1v) is 9.50. The Bertz CT molecular complexity index is 698. The first-order valence-electron chi connectivity index (χ1n) is 9.50. The van der Waals surface area contributed by atoms with Gasteiger partial charge in [-0.2, -0.15) is 0 Å². The largest absolute Gasteiger partial charge is 0.490 e. The molecule has 3 amide bonds. The standard InChI is InChI=1S/C19H29N5O4.HI/c1-4-27-15-7-6-14(12-16(15)28-5-2)8-9-21-18(20-3)22-10-11-24-17(25)13-23-19(24)26;/h6-7,12H,4-5,8-11,13H2,1-3H3,(H,23,26)(H2,20,21,22);1H. The number of hydrogen-bond acceptors (Lipinski definition) is 5. The molecule has 2 rings (SSSR count). The molecule has 0 aliphatic carbocycles. The molecule has 0 atom stereocenters. The second kappa shape index (κ2) is 13.1. The summed E-state index contributed by atoms with van der Waals surface area (Å²) in [5.74, 6) is 1.90. The molecule has 1 saturated heterocycles. The fraction of sp³-hybridized carbons (Fsp3) is 0.526. The second-order valence-electron chi connectivity index (χ2n) is 6.03. The van der Waals surface area contributed by atoms with Crippen molar-refractivity contribution in [3.63, 3.8) is 0 Å². The zero-order chi connectivity index (χ0) is 20.4. The summed E-state index contributed by atoms with van der Waals surface area (Å²) in [5, 5.41) is 8.82. The molecule has 0 unspecified atom stereocenters. The lowest BCUT2D eigenvalue weighted by Gasteiger charge is -2.16. The number of urea groups is 1. The predicted molar refractivity (Wildman–Crippen MR) is 122 cm³/mol. The van der Waals surface area contributed by atoms with Gasteiger partial charge in [-0.25, -0.2) is 4.79 Å². The molecule has 162 valence electrons. The molecule has 0 saturated carbocycles. The minimum Gasteiger partial charge on any atom is -0.490 e. The molecule has 1 fully saturated rings. The van der Waals surface area contributed by atoms with Crippen LogP contribution in [0.5, 0.6) is 11.5 Å². The topological polar surface area (TPSA) is 104 Å². The number of guanidine groups is 1. The molecular formula is C19H30IN5O4. The van der Waals surface area contributed by atoms with Gasteiger partial charge in [0.05, 0.1) is 19.8 Å². The minimum atomic E-state index is -0.352. The molecule has 0 aromatic heterocycles. The highest BCUT2D eigenvalue weighted by atomic mass is 127. The first-order chi connectivity index (χ1) is 13.6. The lowest BCUT2D eigenvalue weighted by Crippen LogP contribution is -2.43. The number of carbonyl (C=O) groups is 2. The summed E-state index contributed by atoms with van der Waals surface area (Å²) in [6.45, 7) is 6.51. The van der Waals surface area contributed by atoms with Crippen molar-refractivity contribution < 1.29 is 19.1 Å². The van der Waals surface area contributed by atoms with Crippen molar-refractivity contribution in [3.8, 4) is 11.5 Å². The highest BCUT2D eigenvalue weighted by molar-refractivity contribution is 14.0. The lowest BCUT2D eigenvalue weighted by atomic mass is 10.1. The van der Waals surface area contributed by atoms with E-state index in [1.54, 1.807) is 7.05 Å². The molecule has 10 heteroatoms. The van der Waals surface area contributed by atoms with E-state index in [9.17, 15) is 9.59 Å². The van der Waals surface area contributed by atoms with E-state index in [-0.39, 0.29) is 42.5 Å². The monoisotopic (exact) mass is 519 g/mol. The van der Waals surface area contributed by atoms with Gasteiger partial charge in [0.25, 0.3) is 0 Å². The number of ether oxygens (including phenoxy) is 2. The van der Waals surface area contributed by atoms with Gasteiger partial charge in [-0.15, -0.1) is 24.0 Å². The number of rotatable bonds is 10. The summed E-state index contributed by atoms with van der Waals surface area (Å²) in [6, 6.07) is 5.58. The van der Waals surface area contributed by atoms with Crippen LogP contribution in [0, 0.1) is 0 Å². The molecular weight excluding hydrogens is 489 g/mol. The van der Waals surface area contributed by atoms with E-state index in [4.69, 9.17) is 9.47 Å². The summed E-state index contributed by atoms with van der Waals surface area (Å²) in [4.78, 5) is 28.4. The van der Waals surface area contributed by atoms with Crippen molar-refractivity contribution in [1.29, 1.82) is 0 Å². The minimum absolute atomic E-state index is 0. The van der Waals surface area contributed by atoms with Crippen LogP contribution < -0.4 is 25.4 Å². The summed E-state index contributed by atoms with van der Waals surface area (Å²) in [7, 11) is 1.67. The predicted octanol–water partition coefficient (Wildman–Crippen LogP) is 1.36. The number of carbonyl (C=O) groups excluding carboxylic acids is 2. The third kappa shape index (κ3) is 7.59. The molecule has 29 heavy (non-hydrogen) atoms. The van der Waals surface area contributed by atoms with Crippen molar-refractivity contribution in [3.05, 3.63) is 23.8 Å². The van der Waals surface area contributed by atoms with Crippen molar-refractivity contribution in [1.82, 2.24) is 20.9 Å². The third-order valence-corrected chi connectivity index (χ3v) is 4.10. The Kier molecular flexibility index (Phi) is 11.2. The van der Waals surface area contributed by atoms with Crippen LogP contribution >= 0.6 is 24.0 Å². The summed E-state index contributed by atoms with van der Waals surface area (Å²) in [5.41, 5.74) is 1.12. The second-order valence-corrected chi connectivity index (χ2v) is 6.03. The highest BCUT2D eigenvalue weighted by Crippen LogP contribution is 2.28. The number of imide groups is 1. The molecule has 0 bridgehead atoms. The van der Waals surface area contributed by atoms with Crippen LogP contribution in [0.4, 0.5) is 4.79 Å². The molecule has 9 nitrogen and oxygen atoms in total. The fourth-order valence-corrected chi connectivity index (χ4v) is 2.76. The van der Waals surface area contributed by atoms with Crippen LogP contribution in [0.25, 0.3) is 0 Å². The van der Waals surface area contributed by atoms with E-state index in [0.717, 1.165) is 23.5 Å². The zero-order valence-corrected chi connectivity index (χ0v) is 19.4. The molecule has 1 aromatic carbocycles. The van der Waals surface area contributed by atoms with Crippen LogP contribution in [-0.2, 0) is 11.2 Å². The molecule has 3 N–H and O–H groups in total. The van der Waals surface area contributed by atoms with Gasteiger partial charge >= 0.3 is 6.03 Å². The molecule has 1 aliphatic heterocycles. The number of hydrogen-bond donors (Lipinski definition) is 3. The number of amides is 3. The maximum absolute atomic E-state index is 11.5. The maximum atomic E-state index is 11.5.